The van der Waals surface area contributed by atoms with Gasteiger partial charge in [-0.05, 0) is 44.9 Å². The van der Waals surface area contributed by atoms with Crippen molar-refractivity contribution in [2.75, 3.05) is 6.61 Å². The molecule has 0 fully saturated rings. The average molecular weight is 396 g/mol. The van der Waals surface area contributed by atoms with E-state index in [4.69, 9.17) is 9.47 Å². The van der Waals surface area contributed by atoms with Crippen LogP contribution in [-0.2, 0) is 16.1 Å². The van der Waals surface area contributed by atoms with Crippen LogP contribution in [0.2, 0.25) is 0 Å². The van der Waals surface area contributed by atoms with Gasteiger partial charge in [0.15, 0.2) is 6.29 Å². The number of amides is 1. The highest BCUT2D eigenvalue weighted by Crippen LogP contribution is 2.27. The van der Waals surface area contributed by atoms with Crippen molar-refractivity contribution < 1.29 is 19.1 Å². The van der Waals surface area contributed by atoms with Crippen molar-refractivity contribution in [1.29, 1.82) is 0 Å². The van der Waals surface area contributed by atoms with Gasteiger partial charge < -0.3 is 14.8 Å². The van der Waals surface area contributed by atoms with Crippen LogP contribution < -0.4 is 10.1 Å². The van der Waals surface area contributed by atoms with Crippen LogP contribution in [-0.4, -0.2) is 39.2 Å². The van der Waals surface area contributed by atoms with E-state index in [9.17, 15) is 9.59 Å². The van der Waals surface area contributed by atoms with Crippen molar-refractivity contribution in [1.82, 2.24) is 19.9 Å². The quantitative estimate of drug-likeness (QED) is 0.643. The van der Waals surface area contributed by atoms with Gasteiger partial charge in [0.25, 0.3) is 0 Å². The summed E-state index contributed by atoms with van der Waals surface area (Å²) < 4.78 is 12.3. The van der Waals surface area contributed by atoms with Gasteiger partial charge in [0, 0.05) is 18.2 Å². The van der Waals surface area contributed by atoms with Crippen molar-refractivity contribution in [2.24, 2.45) is 0 Å². The van der Waals surface area contributed by atoms with E-state index in [1.165, 1.54) is 6.33 Å². The summed E-state index contributed by atoms with van der Waals surface area (Å²) in [5.41, 5.74) is 3.89. The van der Waals surface area contributed by atoms with Gasteiger partial charge >= 0.3 is 6.09 Å². The lowest BCUT2D eigenvalue weighted by atomic mass is 10.0. The van der Waals surface area contributed by atoms with Gasteiger partial charge in [-0.1, -0.05) is 12.1 Å². The zero-order valence-corrected chi connectivity index (χ0v) is 16.9. The van der Waals surface area contributed by atoms with E-state index < -0.39 is 11.7 Å². The molecule has 8 heteroatoms. The number of ether oxygens (including phenoxy) is 2. The molecule has 2 heterocycles. The third kappa shape index (κ3) is 5.10. The summed E-state index contributed by atoms with van der Waals surface area (Å²) in [7, 11) is 0. The maximum absolute atomic E-state index is 11.9. The first-order valence-electron chi connectivity index (χ1n) is 9.23. The lowest BCUT2D eigenvalue weighted by Crippen LogP contribution is -2.32. The molecule has 3 aromatic rings. The Bertz CT molecular complexity index is 1040. The third-order valence-electron chi connectivity index (χ3n) is 4.14. The molecule has 1 amide bonds. The minimum Gasteiger partial charge on any atom is -0.484 e. The van der Waals surface area contributed by atoms with Gasteiger partial charge in [0.2, 0.25) is 0 Å². The van der Waals surface area contributed by atoms with Gasteiger partial charge in [-0.25, -0.2) is 14.3 Å². The topological polar surface area (TPSA) is 94.8 Å². The van der Waals surface area contributed by atoms with Crippen LogP contribution in [0.5, 0.6) is 5.75 Å². The standard InChI is InChI=1S/C21H24N4O4/c1-14-9-15(5-6-16(14)11-22-20(27)29-21(2,3)4)19-18-10-17(28-8-7-26)12-25(18)24-13-23-19/h5-7,9-10,12-13H,8,11H2,1-4H3,(H,22,27). The van der Waals surface area contributed by atoms with E-state index in [0.717, 1.165) is 27.9 Å². The first-order valence-corrected chi connectivity index (χ1v) is 9.23. The van der Waals surface area contributed by atoms with Gasteiger partial charge in [-0.2, -0.15) is 5.10 Å². The molecule has 29 heavy (non-hydrogen) atoms. The van der Waals surface area contributed by atoms with Gasteiger partial charge in [-0.3, -0.25) is 4.79 Å². The Morgan fingerprint density at radius 3 is 2.76 bits per heavy atom. The largest absolute Gasteiger partial charge is 0.484 e. The molecule has 0 atom stereocenters. The summed E-state index contributed by atoms with van der Waals surface area (Å²) in [5.74, 6) is 0.550. The maximum Gasteiger partial charge on any atom is 0.407 e. The number of aryl methyl sites for hydroxylation is 1. The Balaban J connectivity index is 1.80. The molecule has 2 aromatic heterocycles. The fourth-order valence-corrected chi connectivity index (χ4v) is 2.86. The van der Waals surface area contributed by atoms with Gasteiger partial charge in [0.05, 0.1) is 17.4 Å². The van der Waals surface area contributed by atoms with Crippen molar-refractivity contribution in [3.05, 3.63) is 47.9 Å². The maximum atomic E-state index is 11.9. The Morgan fingerprint density at radius 2 is 2.07 bits per heavy atom. The van der Waals surface area contributed by atoms with Crippen LogP contribution in [0.15, 0.2) is 36.8 Å². The van der Waals surface area contributed by atoms with Crippen molar-refractivity contribution in [3.8, 4) is 17.0 Å². The van der Waals surface area contributed by atoms with Gasteiger partial charge in [-0.15, -0.1) is 0 Å². The second-order valence-corrected chi connectivity index (χ2v) is 7.59. The fraction of sp³-hybridized carbons (Fsp3) is 0.333. The van der Waals surface area contributed by atoms with E-state index in [-0.39, 0.29) is 6.61 Å². The number of rotatable bonds is 6. The van der Waals surface area contributed by atoms with E-state index in [0.29, 0.717) is 18.6 Å². The minimum atomic E-state index is -0.535. The molecule has 0 saturated heterocycles. The van der Waals surface area contributed by atoms with Crippen molar-refractivity contribution >= 4 is 17.9 Å². The number of aromatic nitrogens is 3. The van der Waals surface area contributed by atoms with E-state index in [2.05, 4.69) is 15.4 Å². The van der Waals surface area contributed by atoms with E-state index in [1.54, 1.807) is 16.8 Å². The zero-order chi connectivity index (χ0) is 21.0. The molecule has 1 N–H and O–H groups in total. The van der Waals surface area contributed by atoms with Crippen LogP contribution >= 0.6 is 0 Å². The Labute approximate surface area is 168 Å². The molecule has 8 nitrogen and oxygen atoms in total. The van der Waals surface area contributed by atoms with Crippen molar-refractivity contribution in [2.45, 2.75) is 39.8 Å². The highest BCUT2D eigenvalue weighted by Gasteiger charge is 2.16. The Morgan fingerprint density at radius 1 is 1.28 bits per heavy atom. The molecule has 152 valence electrons. The van der Waals surface area contributed by atoms with Crippen LogP contribution in [0.1, 0.15) is 31.9 Å². The summed E-state index contributed by atoms with van der Waals surface area (Å²) in [6, 6.07) is 7.70. The normalized spacial score (nSPS) is 11.3. The summed E-state index contributed by atoms with van der Waals surface area (Å²) in [6.07, 6.45) is 3.42. The molecule has 1 aromatic carbocycles. The molecule has 0 saturated carbocycles. The molecule has 0 radical (unpaired) electrons. The van der Waals surface area contributed by atoms with Crippen LogP contribution in [0.25, 0.3) is 16.8 Å². The lowest BCUT2D eigenvalue weighted by Gasteiger charge is -2.20. The minimum absolute atomic E-state index is 0.0158. The van der Waals surface area contributed by atoms with E-state index in [1.807, 2.05) is 45.9 Å². The molecule has 0 bridgehead atoms. The predicted octanol–water partition coefficient (Wildman–Crippen LogP) is 3.31. The number of nitrogens with zero attached hydrogens (tertiary/aromatic N) is 3. The van der Waals surface area contributed by atoms with Crippen LogP contribution in [0.4, 0.5) is 4.79 Å². The highest BCUT2D eigenvalue weighted by atomic mass is 16.6. The summed E-state index contributed by atoms with van der Waals surface area (Å²) in [4.78, 5) is 26.8. The second kappa shape index (κ2) is 8.30. The summed E-state index contributed by atoms with van der Waals surface area (Å²) in [5, 5.41) is 6.96. The number of carbonyl (C=O) groups is 2. The number of fused-ring (bicyclic) bond motifs is 1. The molecular weight excluding hydrogens is 372 g/mol. The molecule has 0 aliphatic heterocycles. The first kappa shape index (κ1) is 20.3. The number of aldehydes is 1. The van der Waals surface area contributed by atoms with Crippen LogP contribution in [0.3, 0.4) is 0 Å². The predicted molar refractivity (Wildman–Crippen MR) is 108 cm³/mol. The number of hydrogen-bond donors (Lipinski definition) is 1. The van der Waals surface area contributed by atoms with E-state index >= 15 is 0 Å². The summed E-state index contributed by atoms with van der Waals surface area (Å²) in [6.45, 7) is 7.81. The number of benzene rings is 1. The van der Waals surface area contributed by atoms with Gasteiger partial charge in [0.1, 0.15) is 24.3 Å². The average Bonchev–Trinajstić information content (AvgIpc) is 3.07. The summed E-state index contributed by atoms with van der Waals surface area (Å²) >= 11 is 0. The smallest absolute Gasteiger partial charge is 0.407 e. The molecule has 0 aliphatic carbocycles. The molecule has 0 aliphatic rings. The number of nitrogens with one attached hydrogen (secondary N) is 1. The number of alkyl carbamates (subject to hydrolysis) is 1. The Hall–Kier alpha value is -3.42. The lowest BCUT2D eigenvalue weighted by molar-refractivity contribution is -0.109. The number of hydrogen-bond acceptors (Lipinski definition) is 6. The number of carbonyl (C=O) groups excluding carboxylic acids is 2. The molecular formula is C21H24N4O4. The molecule has 0 unspecified atom stereocenters. The SMILES string of the molecule is Cc1cc(-c2ncnn3cc(OCC=O)cc23)ccc1CNC(=O)OC(C)(C)C. The molecule has 3 rings (SSSR count). The highest BCUT2D eigenvalue weighted by molar-refractivity contribution is 5.78. The monoisotopic (exact) mass is 396 g/mol. The van der Waals surface area contributed by atoms with Crippen LogP contribution in [0, 0.1) is 6.92 Å². The first-order chi connectivity index (χ1) is 13.8. The third-order valence-corrected chi connectivity index (χ3v) is 4.14. The fourth-order valence-electron chi connectivity index (χ4n) is 2.86. The molecule has 0 spiro atoms. The Kier molecular flexibility index (Phi) is 5.81. The zero-order valence-electron chi connectivity index (χ0n) is 16.9. The second-order valence-electron chi connectivity index (χ2n) is 7.59. The van der Waals surface area contributed by atoms with Crippen molar-refractivity contribution in [3.63, 3.8) is 0 Å².